The van der Waals surface area contributed by atoms with Gasteiger partial charge in [0.05, 0.1) is 17.1 Å². The summed E-state index contributed by atoms with van der Waals surface area (Å²) >= 11 is 3.14. The smallest absolute Gasteiger partial charge is 0.339 e. The summed E-state index contributed by atoms with van der Waals surface area (Å²) in [5.41, 5.74) is -0.0776. The Balaban J connectivity index is 3.35. The van der Waals surface area contributed by atoms with Crippen molar-refractivity contribution in [1.82, 2.24) is 0 Å². The van der Waals surface area contributed by atoms with Crippen LogP contribution in [0.25, 0.3) is 0 Å². The van der Waals surface area contributed by atoms with Gasteiger partial charge in [0.1, 0.15) is 0 Å². The van der Waals surface area contributed by atoms with Crippen LogP contribution in [-0.2, 0) is 13.8 Å². The number of esters is 1. The highest BCUT2D eigenvalue weighted by molar-refractivity contribution is 9.10. The van der Waals surface area contributed by atoms with Crippen molar-refractivity contribution in [2.75, 3.05) is 6.61 Å². The van der Waals surface area contributed by atoms with Crippen molar-refractivity contribution in [3.8, 4) is 0 Å². The molecule has 0 aliphatic carbocycles. The zero-order chi connectivity index (χ0) is 12.3. The minimum absolute atomic E-state index is 0.0776. The van der Waals surface area contributed by atoms with E-state index >= 15 is 0 Å². The number of hydrogen-bond donors (Lipinski definition) is 0. The highest BCUT2D eigenvalue weighted by Gasteiger charge is 2.21. The Bertz CT molecular complexity index is 512. The van der Waals surface area contributed by atoms with Gasteiger partial charge in [-0.15, -0.1) is 0 Å². The van der Waals surface area contributed by atoms with Gasteiger partial charge in [0.2, 0.25) is 0 Å². The van der Waals surface area contributed by atoms with Crippen LogP contribution >= 0.6 is 26.6 Å². The lowest BCUT2D eigenvalue weighted by molar-refractivity contribution is 0.0522. The largest absolute Gasteiger partial charge is 0.462 e. The lowest BCUT2D eigenvalue weighted by atomic mass is 10.2. The second-order valence-corrected chi connectivity index (χ2v) is 6.25. The predicted molar refractivity (Wildman–Crippen MR) is 63.1 cm³/mol. The van der Waals surface area contributed by atoms with Crippen molar-refractivity contribution in [2.24, 2.45) is 0 Å². The first-order valence-electron chi connectivity index (χ1n) is 4.27. The Morgan fingerprint density at radius 2 is 2.12 bits per heavy atom. The van der Waals surface area contributed by atoms with E-state index in [1.807, 2.05) is 0 Å². The van der Waals surface area contributed by atoms with Crippen LogP contribution in [-0.4, -0.2) is 21.0 Å². The monoisotopic (exact) mass is 326 g/mol. The summed E-state index contributed by atoms with van der Waals surface area (Å²) in [4.78, 5) is 11.2. The van der Waals surface area contributed by atoms with Crippen LogP contribution in [0.2, 0.25) is 0 Å². The minimum Gasteiger partial charge on any atom is -0.462 e. The Hall–Kier alpha value is -0.590. The normalized spacial score (nSPS) is 11.2. The molecule has 1 rings (SSSR count). The molecule has 88 valence electrons. The lowest BCUT2D eigenvalue weighted by Gasteiger charge is -2.06. The van der Waals surface area contributed by atoms with Crippen molar-refractivity contribution >= 4 is 41.6 Å². The van der Waals surface area contributed by atoms with Gasteiger partial charge < -0.3 is 4.74 Å². The average Bonchev–Trinajstić information content (AvgIpc) is 2.16. The number of rotatable bonds is 3. The molecule has 1 aromatic carbocycles. The Morgan fingerprint density at radius 3 is 2.62 bits per heavy atom. The molecule has 0 atom stereocenters. The van der Waals surface area contributed by atoms with E-state index in [1.54, 1.807) is 6.92 Å². The number of carbonyl (C=O) groups excluding carboxylic acids is 1. The van der Waals surface area contributed by atoms with E-state index in [9.17, 15) is 13.2 Å². The number of ether oxygens (including phenoxy) is 1. The summed E-state index contributed by atoms with van der Waals surface area (Å²) in [6.07, 6.45) is 0. The summed E-state index contributed by atoms with van der Waals surface area (Å²) in [6.45, 7) is 1.79. The molecule has 0 N–H and O–H groups in total. The molecule has 0 radical (unpaired) electrons. The van der Waals surface area contributed by atoms with Crippen molar-refractivity contribution in [3.05, 3.63) is 28.2 Å². The van der Waals surface area contributed by atoms with Gasteiger partial charge in [-0.1, -0.05) is 15.9 Å². The van der Waals surface area contributed by atoms with Crippen LogP contribution in [0.1, 0.15) is 17.3 Å². The van der Waals surface area contributed by atoms with Gasteiger partial charge in [0.25, 0.3) is 9.05 Å². The van der Waals surface area contributed by atoms with E-state index in [0.29, 0.717) is 4.47 Å². The maximum Gasteiger partial charge on any atom is 0.339 e. The van der Waals surface area contributed by atoms with Crippen LogP contribution < -0.4 is 0 Å². The number of benzene rings is 1. The summed E-state index contributed by atoms with van der Waals surface area (Å²) in [5, 5.41) is 0. The summed E-state index contributed by atoms with van der Waals surface area (Å²) in [6, 6.07) is 4.09. The molecule has 0 unspecified atom stereocenters. The fourth-order valence-corrected chi connectivity index (χ4v) is 2.48. The first-order chi connectivity index (χ1) is 7.36. The van der Waals surface area contributed by atoms with Crippen LogP contribution in [0.4, 0.5) is 0 Å². The molecule has 0 saturated heterocycles. The minimum atomic E-state index is -3.96. The molecule has 1 aromatic rings. The van der Waals surface area contributed by atoms with E-state index in [1.165, 1.54) is 18.2 Å². The standard InChI is InChI=1S/C9H8BrClO4S/c1-2-15-9(12)7-5-6(10)3-4-8(7)16(11,13)14/h3-5H,2H2,1H3. The van der Waals surface area contributed by atoms with E-state index in [4.69, 9.17) is 15.4 Å². The van der Waals surface area contributed by atoms with E-state index < -0.39 is 15.0 Å². The van der Waals surface area contributed by atoms with Gasteiger partial charge in [-0.05, 0) is 25.1 Å². The maximum absolute atomic E-state index is 11.5. The van der Waals surface area contributed by atoms with Crippen molar-refractivity contribution < 1.29 is 17.9 Å². The molecule has 0 aliphatic rings. The highest BCUT2D eigenvalue weighted by Crippen LogP contribution is 2.24. The zero-order valence-electron chi connectivity index (χ0n) is 8.24. The van der Waals surface area contributed by atoms with Crippen LogP contribution in [0, 0.1) is 0 Å². The van der Waals surface area contributed by atoms with E-state index in [-0.39, 0.29) is 17.1 Å². The molecule has 4 nitrogen and oxygen atoms in total. The first kappa shape index (κ1) is 13.5. The average molecular weight is 328 g/mol. The fourth-order valence-electron chi connectivity index (χ4n) is 1.08. The zero-order valence-corrected chi connectivity index (χ0v) is 11.4. The Morgan fingerprint density at radius 1 is 1.50 bits per heavy atom. The summed E-state index contributed by atoms with van der Waals surface area (Å²) < 4.78 is 27.7. The third kappa shape index (κ3) is 3.20. The molecule has 0 spiro atoms. The molecule has 0 bridgehead atoms. The lowest BCUT2D eigenvalue weighted by Crippen LogP contribution is -2.09. The van der Waals surface area contributed by atoms with Crippen molar-refractivity contribution in [3.63, 3.8) is 0 Å². The molecule has 0 amide bonds. The molecule has 0 fully saturated rings. The Kier molecular flexibility index (Phi) is 4.35. The quantitative estimate of drug-likeness (QED) is 0.632. The fraction of sp³-hybridized carbons (Fsp3) is 0.222. The van der Waals surface area contributed by atoms with E-state index in [2.05, 4.69) is 15.9 Å². The second-order valence-electron chi connectivity index (χ2n) is 2.80. The maximum atomic E-state index is 11.5. The molecular formula is C9H8BrClO4S. The van der Waals surface area contributed by atoms with Gasteiger partial charge >= 0.3 is 5.97 Å². The molecule has 16 heavy (non-hydrogen) atoms. The van der Waals surface area contributed by atoms with Crippen LogP contribution in [0.5, 0.6) is 0 Å². The number of hydrogen-bond acceptors (Lipinski definition) is 4. The van der Waals surface area contributed by atoms with Crippen LogP contribution in [0.3, 0.4) is 0 Å². The van der Waals surface area contributed by atoms with Crippen LogP contribution in [0.15, 0.2) is 27.6 Å². The van der Waals surface area contributed by atoms with Gasteiger partial charge in [0.15, 0.2) is 0 Å². The molecule has 7 heteroatoms. The van der Waals surface area contributed by atoms with Crippen molar-refractivity contribution in [2.45, 2.75) is 11.8 Å². The van der Waals surface area contributed by atoms with Gasteiger partial charge in [-0.25, -0.2) is 13.2 Å². The number of carbonyl (C=O) groups is 1. The summed E-state index contributed by atoms with van der Waals surface area (Å²) in [5.74, 6) is -0.719. The summed E-state index contributed by atoms with van der Waals surface area (Å²) in [7, 11) is 1.25. The first-order valence-corrected chi connectivity index (χ1v) is 7.38. The highest BCUT2D eigenvalue weighted by atomic mass is 79.9. The van der Waals surface area contributed by atoms with E-state index in [0.717, 1.165) is 0 Å². The third-order valence-electron chi connectivity index (χ3n) is 1.70. The number of halogens is 2. The molecule has 0 heterocycles. The molecule has 0 aliphatic heterocycles. The molecule has 0 aromatic heterocycles. The van der Waals surface area contributed by atoms with Gasteiger partial charge in [-0.3, -0.25) is 0 Å². The van der Waals surface area contributed by atoms with Gasteiger partial charge in [0, 0.05) is 15.2 Å². The Labute approximate surface area is 106 Å². The van der Waals surface area contributed by atoms with Gasteiger partial charge in [-0.2, -0.15) is 0 Å². The predicted octanol–water partition coefficient (Wildman–Crippen LogP) is 2.55. The van der Waals surface area contributed by atoms with Crippen molar-refractivity contribution in [1.29, 1.82) is 0 Å². The molecule has 0 saturated carbocycles. The SMILES string of the molecule is CCOC(=O)c1cc(Br)ccc1S(=O)(=O)Cl. The topological polar surface area (TPSA) is 60.4 Å². The third-order valence-corrected chi connectivity index (χ3v) is 3.57. The second kappa shape index (κ2) is 5.16. The molecular weight excluding hydrogens is 320 g/mol.